The van der Waals surface area contributed by atoms with E-state index in [0.29, 0.717) is 36.2 Å². The van der Waals surface area contributed by atoms with Gasteiger partial charge in [-0.05, 0) is 31.2 Å². The Morgan fingerprint density at radius 2 is 1.77 bits per heavy atom. The molecule has 0 aromatic heterocycles. The van der Waals surface area contributed by atoms with Gasteiger partial charge in [0.15, 0.2) is 5.60 Å². The van der Waals surface area contributed by atoms with E-state index in [9.17, 15) is 18.7 Å². The molecule has 2 saturated carbocycles. The zero-order valence-corrected chi connectivity index (χ0v) is 20.6. The number of alkyl halides is 2. The maximum atomic E-state index is 14.2. The van der Waals surface area contributed by atoms with E-state index < -0.39 is 29.8 Å². The number of benzene rings is 1. The number of halogens is 3. The Morgan fingerprint density at radius 3 is 2.35 bits per heavy atom. The van der Waals surface area contributed by atoms with Crippen LogP contribution >= 0.6 is 0 Å². The highest BCUT2D eigenvalue weighted by Gasteiger charge is 2.53. The fourth-order valence-electron chi connectivity index (χ4n) is 6.33. The zero-order valence-electron chi connectivity index (χ0n) is 18.4. The number of hydrogen-bond acceptors (Lipinski definition) is 3. The minimum atomic E-state index is -2.86. The number of hydrogen-bond donors (Lipinski definition) is 1. The first-order chi connectivity index (χ1) is 14.1. The number of piperidine rings is 1. The summed E-state index contributed by atoms with van der Waals surface area (Å²) in [4.78, 5) is 13.3. The van der Waals surface area contributed by atoms with Gasteiger partial charge >= 0.3 is 5.97 Å². The highest BCUT2D eigenvalue weighted by Crippen LogP contribution is 2.47. The monoisotopic (exact) mass is 549 g/mol. The third kappa shape index (κ3) is 5.08. The fraction of sp³-hybridized carbons (Fsp3) is 0.708. The van der Waals surface area contributed by atoms with Gasteiger partial charge in [0, 0.05) is 36.5 Å². The van der Waals surface area contributed by atoms with Gasteiger partial charge in [-0.2, -0.15) is 0 Å². The summed E-state index contributed by atoms with van der Waals surface area (Å²) in [6.07, 6.45) is 2.28. The number of carbonyl (C=O) groups is 1. The molecule has 1 heterocycles. The van der Waals surface area contributed by atoms with Crippen LogP contribution in [0.4, 0.5) is 8.78 Å². The third-order valence-corrected chi connectivity index (χ3v) is 7.74. The number of ether oxygens (including phenoxy) is 1. The van der Waals surface area contributed by atoms with Gasteiger partial charge in [-0.3, -0.25) is 0 Å². The maximum Gasteiger partial charge on any atom is 0.343 e. The minimum Gasteiger partial charge on any atom is -1.00 e. The number of nitrogens with zero attached hydrogens (tertiary/aromatic N) is 1. The van der Waals surface area contributed by atoms with Gasteiger partial charge in [0.05, 0.1) is 33.8 Å². The molecule has 31 heavy (non-hydrogen) atoms. The van der Waals surface area contributed by atoms with E-state index in [1.165, 1.54) is 0 Å². The van der Waals surface area contributed by atoms with E-state index in [-0.39, 0.29) is 37.0 Å². The topological polar surface area (TPSA) is 46.5 Å². The lowest BCUT2D eigenvalue weighted by atomic mass is 9.72. The summed E-state index contributed by atoms with van der Waals surface area (Å²) < 4.78 is 35.0. The molecule has 4 nitrogen and oxygen atoms in total. The van der Waals surface area contributed by atoms with E-state index in [1.807, 2.05) is 0 Å². The molecule has 4 atom stereocenters. The van der Waals surface area contributed by atoms with Crippen LogP contribution in [0.25, 0.3) is 0 Å². The second kappa shape index (κ2) is 9.21. The summed E-state index contributed by atoms with van der Waals surface area (Å²) in [6, 6.07) is 8.49. The van der Waals surface area contributed by atoms with Gasteiger partial charge in [0.1, 0.15) is 0 Å². The summed E-state index contributed by atoms with van der Waals surface area (Å²) in [6.45, 7) is 2.40. The number of aliphatic hydroxyl groups is 1. The lowest BCUT2D eigenvalue weighted by molar-refractivity contribution is -0.902. The molecule has 1 aromatic carbocycles. The second-order valence-electron chi connectivity index (χ2n) is 10.4. The molecule has 1 aliphatic heterocycles. The Labute approximate surface area is 200 Å². The molecule has 3 aliphatic rings. The van der Waals surface area contributed by atoms with Crippen molar-refractivity contribution in [2.24, 2.45) is 23.7 Å². The maximum absolute atomic E-state index is 14.2. The highest BCUT2D eigenvalue weighted by molar-refractivity contribution is 5.81. The number of likely N-dealkylation sites (tertiary alicyclic amines) is 1. The van der Waals surface area contributed by atoms with Crippen LogP contribution in [0.5, 0.6) is 0 Å². The summed E-state index contributed by atoms with van der Waals surface area (Å²) >= 11 is 0. The molecule has 174 valence electrons. The van der Waals surface area contributed by atoms with Gasteiger partial charge in [-0.25, -0.2) is 13.6 Å². The normalized spacial score (nSPS) is 33.1. The molecule has 2 aliphatic carbocycles. The molecule has 1 saturated heterocycles. The minimum absolute atomic E-state index is 0. The van der Waals surface area contributed by atoms with Crippen molar-refractivity contribution in [3.05, 3.63) is 35.9 Å². The number of carbonyl (C=O) groups excluding carboxylic acids is 1. The first kappa shape index (κ1) is 24.8. The lowest BCUT2D eigenvalue weighted by Crippen LogP contribution is -3.00. The van der Waals surface area contributed by atoms with Crippen molar-refractivity contribution in [1.29, 1.82) is 0 Å². The summed E-state index contributed by atoms with van der Waals surface area (Å²) in [7, 11) is 4.48. The highest BCUT2D eigenvalue weighted by atomic mass is 127. The van der Waals surface area contributed by atoms with Crippen LogP contribution in [0, 0.1) is 23.7 Å². The van der Waals surface area contributed by atoms with Crippen molar-refractivity contribution < 1.29 is 51.9 Å². The van der Waals surface area contributed by atoms with E-state index in [0.717, 1.165) is 30.4 Å². The Kier molecular flexibility index (Phi) is 7.38. The van der Waals surface area contributed by atoms with E-state index in [1.54, 1.807) is 30.3 Å². The summed E-state index contributed by atoms with van der Waals surface area (Å²) in [5, 5.41) is 11.6. The molecule has 7 heteroatoms. The standard InChI is InChI=1S/C24H34F2NO3.HI/c1-27(2)14-17-10-11-18(15-27)21(17)16-30-22(28)24(29,19-7-4-3-5-8-19)20-9-6-12-23(25,26)13-20;/h3-5,7-8,17-18,20-21,29H,6,9-16H2,1-2H3;1H/q+1;/p-1/t17?,18?,20-,21?,24+;/m1./s1. The predicted molar refractivity (Wildman–Crippen MR) is 110 cm³/mol. The average molecular weight is 549 g/mol. The van der Waals surface area contributed by atoms with Crippen LogP contribution in [-0.4, -0.2) is 55.3 Å². The Morgan fingerprint density at radius 1 is 1.16 bits per heavy atom. The Balaban J connectivity index is 0.00000272. The molecular formula is C24H34F2INO3. The molecule has 0 amide bonds. The number of quaternary nitrogens is 1. The number of esters is 1. The van der Waals surface area contributed by atoms with Crippen molar-refractivity contribution in [1.82, 2.24) is 0 Å². The molecule has 2 unspecified atom stereocenters. The predicted octanol–water partition coefficient (Wildman–Crippen LogP) is 0.979. The van der Waals surface area contributed by atoms with E-state index >= 15 is 0 Å². The molecule has 4 rings (SSSR count). The van der Waals surface area contributed by atoms with Crippen LogP contribution in [0.15, 0.2) is 30.3 Å². The molecular weight excluding hydrogens is 515 g/mol. The molecule has 1 aromatic rings. The van der Waals surface area contributed by atoms with Gasteiger partial charge in [0.25, 0.3) is 0 Å². The summed E-state index contributed by atoms with van der Waals surface area (Å²) in [5.74, 6) is -3.17. The molecule has 2 bridgehead atoms. The van der Waals surface area contributed by atoms with Crippen LogP contribution in [0.2, 0.25) is 0 Å². The van der Waals surface area contributed by atoms with E-state index in [4.69, 9.17) is 4.74 Å². The first-order valence-corrected chi connectivity index (χ1v) is 11.3. The smallest absolute Gasteiger partial charge is 0.343 e. The molecule has 3 fully saturated rings. The van der Waals surface area contributed by atoms with Gasteiger partial charge in [-0.15, -0.1) is 0 Å². The van der Waals surface area contributed by atoms with Crippen molar-refractivity contribution in [2.45, 2.75) is 50.0 Å². The fourth-order valence-corrected chi connectivity index (χ4v) is 6.33. The third-order valence-electron chi connectivity index (χ3n) is 7.74. The van der Waals surface area contributed by atoms with Crippen LogP contribution in [-0.2, 0) is 15.1 Å². The Hall–Kier alpha value is -0.800. The van der Waals surface area contributed by atoms with Crippen molar-refractivity contribution in [3.8, 4) is 0 Å². The second-order valence-corrected chi connectivity index (χ2v) is 10.4. The summed E-state index contributed by atoms with van der Waals surface area (Å²) in [5.41, 5.74) is -1.68. The molecule has 1 N–H and O–H groups in total. The molecule has 0 radical (unpaired) electrons. The van der Waals surface area contributed by atoms with Crippen molar-refractivity contribution in [2.75, 3.05) is 33.8 Å². The van der Waals surface area contributed by atoms with Crippen LogP contribution in [0.1, 0.15) is 44.1 Å². The van der Waals surface area contributed by atoms with Gasteiger partial charge in [-0.1, -0.05) is 30.3 Å². The van der Waals surface area contributed by atoms with Crippen LogP contribution in [0.3, 0.4) is 0 Å². The molecule has 0 spiro atoms. The van der Waals surface area contributed by atoms with Crippen molar-refractivity contribution >= 4 is 5.97 Å². The SMILES string of the molecule is C[N+]1(C)CC2CCC(C1)C2COC(=O)[C@](O)(c1ccccc1)[C@@H]1CCCC(F)(F)C1.[I-]. The Bertz CT molecular complexity index is 759. The zero-order chi connectivity index (χ0) is 21.6. The first-order valence-electron chi connectivity index (χ1n) is 11.3. The van der Waals surface area contributed by atoms with E-state index in [2.05, 4.69) is 14.1 Å². The van der Waals surface area contributed by atoms with Crippen molar-refractivity contribution in [3.63, 3.8) is 0 Å². The van der Waals surface area contributed by atoms with Gasteiger partial charge < -0.3 is 38.3 Å². The van der Waals surface area contributed by atoms with Crippen LogP contribution < -0.4 is 24.0 Å². The van der Waals surface area contributed by atoms with Gasteiger partial charge in [0.2, 0.25) is 5.92 Å². The lowest BCUT2D eigenvalue weighted by Gasteiger charge is -2.42. The number of rotatable bonds is 5. The largest absolute Gasteiger partial charge is 1.00 e. The average Bonchev–Trinajstić information content (AvgIpc) is 2.95. The number of fused-ring (bicyclic) bond motifs is 2. The quantitative estimate of drug-likeness (QED) is 0.339.